The minimum absolute atomic E-state index is 0.141. The summed E-state index contributed by atoms with van der Waals surface area (Å²) in [5.41, 5.74) is 1.81. The summed E-state index contributed by atoms with van der Waals surface area (Å²) in [6, 6.07) is 1.58. The highest BCUT2D eigenvalue weighted by Crippen LogP contribution is 2.33. The van der Waals surface area contributed by atoms with Crippen molar-refractivity contribution in [2.24, 2.45) is 0 Å². The van der Waals surface area contributed by atoms with Gasteiger partial charge in [-0.3, -0.25) is 4.72 Å². The van der Waals surface area contributed by atoms with Gasteiger partial charge in [0, 0.05) is 9.75 Å². The Morgan fingerprint density at radius 1 is 1.40 bits per heavy atom. The van der Waals surface area contributed by atoms with Gasteiger partial charge in [-0.25, -0.2) is 13.4 Å². The van der Waals surface area contributed by atoms with Crippen molar-refractivity contribution in [3.05, 3.63) is 27.1 Å². The fourth-order valence-corrected chi connectivity index (χ4v) is 5.91. The van der Waals surface area contributed by atoms with Crippen molar-refractivity contribution in [1.82, 2.24) is 4.98 Å². The third-order valence-electron chi connectivity index (χ3n) is 3.22. The number of aryl methyl sites for hydroxylation is 3. The number of anilines is 1. The quantitative estimate of drug-likeness (QED) is 0.901. The molecule has 108 valence electrons. The number of aliphatic hydroxyl groups is 1. The van der Waals surface area contributed by atoms with Crippen molar-refractivity contribution in [3.63, 3.8) is 0 Å². The SMILES string of the molecule is Cc1cc(S(=O)(=O)Nc2nc3c(s2)CCC3)sc1CO. The second-order valence-corrected chi connectivity index (χ2v) is 8.81. The predicted molar refractivity (Wildman–Crippen MR) is 79.9 cm³/mol. The highest BCUT2D eigenvalue weighted by molar-refractivity contribution is 7.94. The summed E-state index contributed by atoms with van der Waals surface area (Å²) in [5, 5.41) is 9.59. The van der Waals surface area contributed by atoms with Crippen molar-refractivity contribution in [2.45, 2.75) is 37.0 Å². The number of hydrogen-bond donors (Lipinski definition) is 2. The molecule has 0 bridgehead atoms. The smallest absolute Gasteiger partial charge is 0.273 e. The molecule has 0 spiro atoms. The highest BCUT2D eigenvalue weighted by Gasteiger charge is 2.23. The molecule has 0 saturated heterocycles. The molecular weight excluding hydrogens is 316 g/mol. The van der Waals surface area contributed by atoms with Gasteiger partial charge >= 0.3 is 0 Å². The first-order valence-corrected chi connectivity index (χ1v) is 9.33. The zero-order chi connectivity index (χ0) is 14.3. The van der Waals surface area contributed by atoms with Crippen LogP contribution in [-0.4, -0.2) is 18.5 Å². The lowest BCUT2D eigenvalue weighted by Crippen LogP contribution is -2.11. The first-order valence-electron chi connectivity index (χ1n) is 6.21. The molecule has 2 aromatic heterocycles. The molecule has 8 heteroatoms. The number of aromatic nitrogens is 1. The fraction of sp³-hybridized carbons (Fsp3) is 0.417. The third-order valence-corrected chi connectivity index (χ3v) is 7.46. The van der Waals surface area contributed by atoms with E-state index in [2.05, 4.69) is 9.71 Å². The van der Waals surface area contributed by atoms with Crippen molar-refractivity contribution in [2.75, 3.05) is 4.72 Å². The summed E-state index contributed by atoms with van der Waals surface area (Å²) < 4.78 is 27.3. The second-order valence-electron chi connectivity index (χ2n) is 4.68. The van der Waals surface area contributed by atoms with E-state index >= 15 is 0 Å². The summed E-state index contributed by atoms with van der Waals surface area (Å²) in [4.78, 5) is 6.19. The maximum atomic E-state index is 12.3. The van der Waals surface area contributed by atoms with Gasteiger partial charge in [0.25, 0.3) is 10.0 Å². The van der Waals surface area contributed by atoms with Crippen LogP contribution in [0.25, 0.3) is 0 Å². The van der Waals surface area contributed by atoms with Gasteiger partial charge in [0.15, 0.2) is 5.13 Å². The normalized spacial score (nSPS) is 14.5. The van der Waals surface area contributed by atoms with Crippen LogP contribution in [0.3, 0.4) is 0 Å². The van der Waals surface area contributed by atoms with Crippen LogP contribution < -0.4 is 4.72 Å². The largest absolute Gasteiger partial charge is 0.391 e. The maximum absolute atomic E-state index is 12.3. The van der Waals surface area contributed by atoms with E-state index in [1.54, 1.807) is 13.0 Å². The van der Waals surface area contributed by atoms with E-state index in [0.717, 1.165) is 41.9 Å². The molecule has 3 rings (SSSR count). The Balaban J connectivity index is 1.87. The number of hydrogen-bond acceptors (Lipinski definition) is 6. The molecule has 0 radical (unpaired) electrons. The topological polar surface area (TPSA) is 79.3 Å². The van der Waals surface area contributed by atoms with Gasteiger partial charge in [0.05, 0.1) is 12.3 Å². The molecule has 20 heavy (non-hydrogen) atoms. The molecule has 0 amide bonds. The van der Waals surface area contributed by atoms with E-state index in [1.807, 2.05) is 0 Å². The van der Waals surface area contributed by atoms with E-state index in [-0.39, 0.29) is 10.8 Å². The van der Waals surface area contributed by atoms with E-state index < -0.39 is 10.0 Å². The minimum Gasteiger partial charge on any atom is -0.391 e. The molecule has 0 aliphatic heterocycles. The molecule has 1 aliphatic rings. The first kappa shape index (κ1) is 14.0. The molecular formula is C12H14N2O3S3. The molecule has 0 fully saturated rings. The van der Waals surface area contributed by atoms with Crippen LogP contribution in [0.5, 0.6) is 0 Å². The van der Waals surface area contributed by atoms with E-state index in [1.165, 1.54) is 16.2 Å². The van der Waals surface area contributed by atoms with Crippen molar-refractivity contribution < 1.29 is 13.5 Å². The minimum atomic E-state index is -3.61. The maximum Gasteiger partial charge on any atom is 0.273 e. The highest BCUT2D eigenvalue weighted by atomic mass is 32.2. The summed E-state index contributed by atoms with van der Waals surface area (Å²) in [7, 11) is -3.61. The van der Waals surface area contributed by atoms with Crippen LogP contribution >= 0.6 is 22.7 Å². The van der Waals surface area contributed by atoms with Gasteiger partial charge in [0.1, 0.15) is 4.21 Å². The van der Waals surface area contributed by atoms with Gasteiger partial charge in [0.2, 0.25) is 0 Å². The zero-order valence-electron chi connectivity index (χ0n) is 10.8. The average Bonchev–Trinajstić information content (AvgIpc) is 3.02. The molecule has 5 nitrogen and oxygen atoms in total. The van der Waals surface area contributed by atoms with Crippen LogP contribution in [0.2, 0.25) is 0 Å². The second kappa shape index (κ2) is 5.10. The number of rotatable bonds is 4. The summed E-state index contributed by atoms with van der Waals surface area (Å²) >= 11 is 2.51. The van der Waals surface area contributed by atoms with Gasteiger partial charge < -0.3 is 5.11 Å². The van der Waals surface area contributed by atoms with Crippen LogP contribution in [0.4, 0.5) is 5.13 Å². The number of nitrogens with one attached hydrogen (secondary N) is 1. The lowest BCUT2D eigenvalue weighted by atomic mass is 10.3. The van der Waals surface area contributed by atoms with E-state index in [9.17, 15) is 8.42 Å². The fourth-order valence-electron chi connectivity index (χ4n) is 2.18. The van der Waals surface area contributed by atoms with Crippen LogP contribution in [-0.2, 0) is 29.5 Å². The molecule has 0 unspecified atom stereocenters. The lowest BCUT2D eigenvalue weighted by molar-refractivity contribution is 0.285. The Bertz CT molecular complexity index is 725. The van der Waals surface area contributed by atoms with Gasteiger partial charge in [-0.1, -0.05) is 0 Å². The van der Waals surface area contributed by atoms with Gasteiger partial charge in [-0.05, 0) is 37.8 Å². The molecule has 0 saturated carbocycles. The number of thiophene rings is 1. The number of fused-ring (bicyclic) bond motifs is 1. The summed E-state index contributed by atoms with van der Waals surface area (Å²) in [6.45, 7) is 1.65. The number of thiazole rings is 1. The summed E-state index contributed by atoms with van der Waals surface area (Å²) in [5.74, 6) is 0. The first-order chi connectivity index (χ1) is 9.49. The number of sulfonamides is 1. The standard InChI is InChI=1S/C12H14N2O3S3/c1-7-5-11(18-10(7)6-15)20(16,17)14-12-13-8-3-2-4-9(8)19-12/h5,15H,2-4,6H2,1H3,(H,13,14). The molecule has 0 aromatic carbocycles. The Kier molecular flexibility index (Phi) is 3.57. The lowest BCUT2D eigenvalue weighted by Gasteiger charge is -2.02. The number of aliphatic hydroxyl groups excluding tert-OH is 1. The Labute approximate surface area is 125 Å². The third kappa shape index (κ3) is 2.48. The van der Waals surface area contributed by atoms with Crippen molar-refractivity contribution >= 4 is 37.8 Å². The van der Waals surface area contributed by atoms with Gasteiger partial charge in [-0.2, -0.15) is 0 Å². The van der Waals surface area contributed by atoms with Crippen LogP contribution in [0, 0.1) is 6.92 Å². The van der Waals surface area contributed by atoms with Crippen LogP contribution in [0.15, 0.2) is 10.3 Å². The summed E-state index contributed by atoms with van der Waals surface area (Å²) in [6.07, 6.45) is 3.02. The molecule has 2 aromatic rings. The molecule has 2 N–H and O–H groups in total. The molecule has 0 atom stereocenters. The van der Waals surface area contributed by atoms with E-state index in [4.69, 9.17) is 5.11 Å². The Morgan fingerprint density at radius 2 is 2.20 bits per heavy atom. The average molecular weight is 330 g/mol. The predicted octanol–water partition coefficient (Wildman–Crippen LogP) is 2.29. The monoisotopic (exact) mass is 330 g/mol. The Hall–Kier alpha value is -0.960. The Morgan fingerprint density at radius 3 is 2.85 bits per heavy atom. The molecule has 2 heterocycles. The van der Waals surface area contributed by atoms with Crippen molar-refractivity contribution in [1.29, 1.82) is 0 Å². The number of nitrogens with zero attached hydrogens (tertiary/aromatic N) is 1. The molecule has 1 aliphatic carbocycles. The zero-order valence-corrected chi connectivity index (χ0v) is 13.3. The van der Waals surface area contributed by atoms with Crippen molar-refractivity contribution in [3.8, 4) is 0 Å². The van der Waals surface area contributed by atoms with Crippen LogP contribution in [0.1, 0.15) is 27.4 Å². The van der Waals surface area contributed by atoms with E-state index in [0.29, 0.717) is 10.0 Å². The van der Waals surface area contributed by atoms with Gasteiger partial charge in [-0.15, -0.1) is 22.7 Å².